The first-order valence-corrected chi connectivity index (χ1v) is 6.44. The Balaban J connectivity index is 3.80. The Bertz CT molecular complexity index is 312. The van der Waals surface area contributed by atoms with Crippen LogP contribution in [0, 0.1) is 5.92 Å². The average molecular weight is 253 g/mol. The van der Waals surface area contributed by atoms with Gasteiger partial charge in [0.25, 0.3) is 0 Å². The first kappa shape index (κ1) is 15.3. The largest absolute Gasteiger partial charge is 0.397 e. The SMILES string of the molecule is CC(C)CCC(=O)N(C)CCOS(=O)(=O)O. The number of nitrogens with zero attached hydrogens (tertiary/aromatic N) is 1. The Hall–Kier alpha value is -0.660. The quantitative estimate of drug-likeness (QED) is 0.675. The van der Waals surface area contributed by atoms with E-state index in [2.05, 4.69) is 4.18 Å². The highest BCUT2D eigenvalue weighted by Crippen LogP contribution is 2.05. The van der Waals surface area contributed by atoms with Gasteiger partial charge in [0.15, 0.2) is 0 Å². The number of carbonyl (C=O) groups excluding carboxylic acids is 1. The molecule has 0 aliphatic rings. The van der Waals surface area contributed by atoms with E-state index in [4.69, 9.17) is 4.55 Å². The third kappa shape index (κ3) is 8.63. The zero-order valence-corrected chi connectivity index (χ0v) is 10.7. The van der Waals surface area contributed by atoms with Crippen LogP contribution in [0.1, 0.15) is 26.7 Å². The van der Waals surface area contributed by atoms with Crippen molar-refractivity contribution in [1.82, 2.24) is 4.90 Å². The van der Waals surface area contributed by atoms with Crippen LogP contribution in [0.5, 0.6) is 0 Å². The minimum Gasteiger partial charge on any atom is -0.343 e. The molecule has 0 saturated heterocycles. The molecule has 0 radical (unpaired) electrons. The summed E-state index contributed by atoms with van der Waals surface area (Å²) < 4.78 is 32.9. The molecule has 0 aromatic rings. The molecule has 6 nitrogen and oxygen atoms in total. The van der Waals surface area contributed by atoms with E-state index in [1.807, 2.05) is 13.8 Å². The van der Waals surface area contributed by atoms with Crippen molar-refractivity contribution in [3.63, 3.8) is 0 Å². The van der Waals surface area contributed by atoms with Crippen LogP contribution in [0.4, 0.5) is 0 Å². The summed E-state index contributed by atoms with van der Waals surface area (Å²) in [5.74, 6) is 0.388. The first-order valence-electron chi connectivity index (χ1n) is 5.08. The number of hydrogen-bond acceptors (Lipinski definition) is 4. The van der Waals surface area contributed by atoms with Crippen molar-refractivity contribution in [2.24, 2.45) is 5.92 Å². The Morgan fingerprint density at radius 2 is 2.00 bits per heavy atom. The fourth-order valence-corrected chi connectivity index (χ4v) is 1.29. The van der Waals surface area contributed by atoms with Crippen LogP contribution in [0.25, 0.3) is 0 Å². The summed E-state index contributed by atoms with van der Waals surface area (Å²) in [6.45, 7) is 3.95. The highest BCUT2D eigenvalue weighted by Gasteiger charge is 2.11. The third-order valence-corrected chi connectivity index (χ3v) is 2.48. The topological polar surface area (TPSA) is 83.9 Å². The predicted octanol–water partition coefficient (Wildman–Crippen LogP) is 0.700. The van der Waals surface area contributed by atoms with Gasteiger partial charge in [-0.15, -0.1) is 0 Å². The highest BCUT2D eigenvalue weighted by atomic mass is 32.3. The van der Waals surface area contributed by atoms with Gasteiger partial charge in [0.2, 0.25) is 5.91 Å². The minimum absolute atomic E-state index is 0.0624. The van der Waals surface area contributed by atoms with E-state index in [1.54, 1.807) is 7.05 Å². The average Bonchev–Trinajstić information content (AvgIpc) is 2.11. The van der Waals surface area contributed by atoms with Gasteiger partial charge in [0.05, 0.1) is 6.61 Å². The van der Waals surface area contributed by atoms with Gasteiger partial charge in [-0.2, -0.15) is 8.42 Å². The number of carbonyl (C=O) groups is 1. The van der Waals surface area contributed by atoms with Gasteiger partial charge in [-0.1, -0.05) is 13.8 Å². The summed E-state index contributed by atoms with van der Waals surface area (Å²) in [7, 11) is -2.84. The Morgan fingerprint density at radius 1 is 1.44 bits per heavy atom. The molecule has 0 aliphatic heterocycles. The fourth-order valence-electron chi connectivity index (χ4n) is 1.01. The monoisotopic (exact) mass is 253 g/mol. The molecule has 16 heavy (non-hydrogen) atoms. The van der Waals surface area contributed by atoms with Gasteiger partial charge < -0.3 is 4.90 Å². The van der Waals surface area contributed by atoms with Crippen LogP contribution in [0.2, 0.25) is 0 Å². The molecule has 0 rings (SSSR count). The van der Waals surface area contributed by atoms with Crippen molar-refractivity contribution < 1.29 is 21.9 Å². The molecule has 0 heterocycles. The predicted molar refractivity (Wildman–Crippen MR) is 59.2 cm³/mol. The smallest absolute Gasteiger partial charge is 0.343 e. The van der Waals surface area contributed by atoms with E-state index >= 15 is 0 Å². The Morgan fingerprint density at radius 3 is 2.44 bits per heavy atom. The zero-order valence-electron chi connectivity index (χ0n) is 9.84. The number of rotatable bonds is 7. The summed E-state index contributed by atoms with van der Waals surface area (Å²) in [5.41, 5.74) is 0. The van der Waals surface area contributed by atoms with Crippen molar-refractivity contribution in [3.8, 4) is 0 Å². The van der Waals surface area contributed by atoms with E-state index in [0.29, 0.717) is 12.3 Å². The molecule has 0 atom stereocenters. The third-order valence-electron chi connectivity index (χ3n) is 2.02. The number of likely N-dealkylation sites (N-methyl/N-ethyl adjacent to an activating group) is 1. The van der Waals surface area contributed by atoms with Gasteiger partial charge in [-0.05, 0) is 12.3 Å². The molecule has 7 heteroatoms. The van der Waals surface area contributed by atoms with Crippen LogP contribution in [0.15, 0.2) is 0 Å². The lowest BCUT2D eigenvalue weighted by atomic mass is 10.1. The van der Waals surface area contributed by atoms with Crippen molar-refractivity contribution in [2.45, 2.75) is 26.7 Å². The molecule has 0 saturated carbocycles. The summed E-state index contributed by atoms with van der Waals surface area (Å²) in [6.07, 6.45) is 1.22. The van der Waals surface area contributed by atoms with Crippen molar-refractivity contribution >= 4 is 16.3 Å². The van der Waals surface area contributed by atoms with Gasteiger partial charge in [0, 0.05) is 20.0 Å². The molecular weight excluding hydrogens is 234 g/mol. The zero-order chi connectivity index (χ0) is 12.8. The summed E-state index contributed by atoms with van der Waals surface area (Å²) in [4.78, 5) is 12.8. The van der Waals surface area contributed by atoms with Crippen molar-refractivity contribution in [2.75, 3.05) is 20.2 Å². The van der Waals surface area contributed by atoms with E-state index in [-0.39, 0.29) is 19.1 Å². The Kier molecular flexibility index (Phi) is 6.54. The Labute approximate surface area is 96.5 Å². The summed E-state index contributed by atoms with van der Waals surface area (Å²) in [5, 5.41) is 0. The van der Waals surface area contributed by atoms with Gasteiger partial charge >= 0.3 is 10.4 Å². The second-order valence-corrected chi connectivity index (χ2v) is 5.09. The first-order chi connectivity index (χ1) is 7.22. The van der Waals surface area contributed by atoms with Crippen LogP contribution < -0.4 is 0 Å². The van der Waals surface area contributed by atoms with Gasteiger partial charge in [-0.25, -0.2) is 4.18 Å². The molecule has 0 bridgehead atoms. The maximum Gasteiger partial charge on any atom is 0.397 e. The molecule has 0 aromatic carbocycles. The second kappa shape index (κ2) is 6.82. The molecule has 1 amide bonds. The lowest BCUT2D eigenvalue weighted by Crippen LogP contribution is -2.30. The van der Waals surface area contributed by atoms with Crippen molar-refractivity contribution in [3.05, 3.63) is 0 Å². The van der Waals surface area contributed by atoms with Crippen LogP contribution in [-0.2, 0) is 19.4 Å². The minimum atomic E-state index is -4.41. The molecule has 0 unspecified atom stereocenters. The lowest BCUT2D eigenvalue weighted by Gasteiger charge is -2.16. The fraction of sp³-hybridized carbons (Fsp3) is 0.889. The van der Waals surface area contributed by atoms with Crippen LogP contribution >= 0.6 is 0 Å². The lowest BCUT2D eigenvalue weighted by molar-refractivity contribution is -0.130. The number of hydrogen-bond donors (Lipinski definition) is 1. The van der Waals surface area contributed by atoms with E-state index < -0.39 is 10.4 Å². The standard InChI is InChI=1S/C9H19NO5S/c1-8(2)4-5-9(11)10(3)6-7-15-16(12,13)14/h8H,4-7H2,1-3H3,(H,12,13,14). The molecule has 0 fully saturated rings. The normalized spacial score (nSPS) is 11.8. The summed E-state index contributed by atoms with van der Waals surface area (Å²) in [6, 6.07) is 0. The molecule has 0 aliphatic carbocycles. The molecule has 96 valence electrons. The van der Waals surface area contributed by atoms with Crippen LogP contribution in [-0.4, -0.2) is 44.0 Å². The molecule has 1 N–H and O–H groups in total. The molecular formula is C9H19NO5S. The highest BCUT2D eigenvalue weighted by molar-refractivity contribution is 7.80. The summed E-state index contributed by atoms with van der Waals surface area (Å²) >= 11 is 0. The van der Waals surface area contributed by atoms with E-state index in [9.17, 15) is 13.2 Å². The number of amides is 1. The van der Waals surface area contributed by atoms with E-state index in [1.165, 1.54) is 4.90 Å². The van der Waals surface area contributed by atoms with E-state index in [0.717, 1.165) is 6.42 Å². The molecule has 0 spiro atoms. The van der Waals surface area contributed by atoms with Crippen molar-refractivity contribution in [1.29, 1.82) is 0 Å². The maximum absolute atomic E-state index is 11.5. The second-order valence-electron chi connectivity index (χ2n) is 4.00. The maximum atomic E-state index is 11.5. The molecule has 0 aromatic heterocycles. The van der Waals surface area contributed by atoms with Gasteiger partial charge in [0.1, 0.15) is 0 Å². The van der Waals surface area contributed by atoms with Crippen LogP contribution in [0.3, 0.4) is 0 Å². The van der Waals surface area contributed by atoms with Gasteiger partial charge in [-0.3, -0.25) is 9.35 Å².